The van der Waals surface area contributed by atoms with E-state index in [1.807, 2.05) is 38.1 Å². The molecule has 0 aliphatic heterocycles. The van der Waals surface area contributed by atoms with Crippen LogP contribution in [0.4, 0.5) is 5.69 Å². The van der Waals surface area contributed by atoms with E-state index >= 15 is 0 Å². The van der Waals surface area contributed by atoms with Crippen molar-refractivity contribution >= 4 is 27.5 Å². The van der Waals surface area contributed by atoms with Gasteiger partial charge in [0.25, 0.3) is 5.91 Å². The second-order valence-corrected chi connectivity index (χ2v) is 5.89. The highest BCUT2D eigenvalue weighted by Crippen LogP contribution is 2.36. The van der Waals surface area contributed by atoms with Gasteiger partial charge < -0.3 is 14.8 Å². The van der Waals surface area contributed by atoms with E-state index in [1.54, 1.807) is 12.1 Å². The van der Waals surface area contributed by atoms with Gasteiger partial charge in [-0.3, -0.25) is 4.79 Å². The molecule has 0 heterocycles. The molecule has 0 aliphatic carbocycles. The topological polar surface area (TPSA) is 71.3 Å². The Morgan fingerprint density at radius 1 is 1.29 bits per heavy atom. The number of anilines is 1. The predicted octanol–water partition coefficient (Wildman–Crippen LogP) is 4.05. The zero-order chi connectivity index (χ0) is 17.5. The molecule has 24 heavy (non-hydrogen) atoms. The zero-order valence-electron chi connectivity index (χ0n) is 13.4. The molecule has 2 aromatic carbocycles. The van der Waals surface area contributed by atoms with Crippen molar-refractivity contribution in [2.75, 3.05) is 18.5 Å². The summed E-state index contributed by atoms with van der Waals surface area (Å²) in [6, 6.07) is 12.8. The molecule has 1 N–H and O–H groups in total. The number of hydrogen-bond acceptors (Lipinski definition) is 4. The van der Waals surface area contributed by atoms with Crippen LogP contribution in [-0.4, -0.2) is 19.1 Å². The second kappa shape index (κ2) is 8.37. The monoisotopic (exact) mass is 388 g/mol. The van der Waals surface area contributed by atoms with Gasteiger partial charge in [-0.2, -0.15) is 5.26 Å². The first-order valence-electron chi connectivity index (χ1n) is 7.39. The summed E-state index contributed by atoms with van der Waals surface area (Å²) >= 11 is 3.35. The molecule has 0 unspecified atom stereocenters. The van der Waals surface area contributed by atoms with Crippen LogP contribution in [0.2, 0.25) is 0 Å². The quantitative estimate of drug-likeness (QED) is 0.809. The molecule has 2 aromatic rings. The molecule has 0 fully saturated rings. The van der Waals surface area contributed by atoms with Crippen molar-refractivity contribution in [1.82, 2.24) is 0 Å². The summed E-state index contributed by atoms with van der Waals surface area (Å²) in [7, 11) is 0. The molecule has 0 saturated carbocycles. The highest BCUT2D eigenvalue weighted by Gasteiger charge is 2.14. The lowest BCUT2D eigenvalue weighted by atomic mass is 10.2. The maximum Gasteiger partial charge on any atom is 0.262 e. The van der Waals surface area contributed by atoms with Gasteiger partial charge in [0.15, 0.2) is 18.1 Å². The van der Waals surface area contributed by atoms with Gasteiger partial charge >= 0.3 is 0 Å². The van der Waals surface area contributed by atoms with E-state index in [0.717, 1.165) is 5.56 Å². The van der Waals surface area contributed by atoms with Gasteiger partial charge in [-0.25, -0.2) is 0 Å². The number of hydrogen-bond donors (Lipinski definition) is 1. The number of nitrogens with one attached hydrogen (secondary N) is 1. The SMILES string of the molecule is CCOc1cc(C#N)cc(Br)c1OCC(=O)Nc1cccc(C)c1. The van der Waals surface area contributed by atoms with E-state index in [2.05, 4.69) is 27.3 Å². The highest BCUT2D eigenvalue weighted by molar-refractivity contribution is 9.10. The summed E-state index contributed by atoms with van der Waals surface area (Å²) in [5, 5.41) is 11.8. The van der Waals surface area contributed by atoms with Crippen LogP contribution in [0, 0.1) is 18.3 Å². The largest absolute Gasteiger partial charge is 0.490 e. The van der Waals surface area contributed by atoms with Crippen molar-refractivity contribution in [3.05, 3.63) is 52.0 Å². The summed E-state index contributed by atoms with van der Waals surface area (Å²) in [4.78, 5) is 12.1. The van der Waals surface area contributed by atoms with Crippen molar-refractivity contribution in [2.24, 2.45) is 0 Å². The van der Waals surface area contributed by atoms with Crippen LogP contribution < -0.4 is 14.8 Å². The third-order valence-electron chi connectivity index (χ3n) is 3.09. The Kier molecular flexibility index (Phi) is 6.21. The van der Waals surface area contributed by atoms with Gasteiger partial charge in [-0.1, -0.05) is 12.1 Å². The number of carbonyl (C=O) groups is 1. The molecule has 0 aromatic heterocycles. The molecule has 0 atom stereocenters. The van der Waals surface area contributed by atoms with Crippen LogP contribution in [-0.2, 0) is 4.79 Å². The number of nitriles is 1. The lowest BCUT2D eigenvalue weighted by molar-refractivity contribution is -0.118. The summed E-state index contributed by atoms with van der Waals surface area (Å²) in [5.74, 6) is 0.543. The van der Waals surface area contributed by atoms with Crippen molar-refractivity contribution < 1.29 is 14.3 Å². The van der Waals surface area contributed by atoms with Crippen LogP contribution in [0.15, 0.2) is 40.9 Å². The molecule has 6 heteroatoms. The Hall–Kier alpha value is -2.52. The third-order valence-corrected chi connectivity index (χ3v) is 3.68. The number of nitrogens with zero attached hydrogens (tertiary/aromatic N) is 1. The number of aryl methyl sites for hydroxylation is 1. The molecule has 5 nitrogen and oxygen atoms in total. The Balaban J connectivity index is 2.08. The normalized spacial score (nSPS) is 9.92. The fourth-order valence-electron chi connectivity index (χ4n) is 2.09. The minimum atomic E-state index is -0.278. The van der Waals surface area contributed by atoms with Gasteiger partial charge in [0, 0.05) is 11.8 Å². The molecule has 1 amide bonds. The van der Waals surface area contributed by atoms with Gasteiger partial charge in [0.1, 0.15) is 0 Å². The van der Waals surface area contributed by atoms with Gasteiger partial charge in [-0.15, -0.1) is 0 Å². The standard InChI is InChI=1S/C18H17BrN2O3/c1-3-23-16-9-13(10-20)8-15(19)18(16)24-11-17(22)21-14-6-4-5-12(2)7-14/h4-9H,3,11H2,1-2H3,(H,21,22). The van der Waals surface area contributed by atoms with Crippen molar-refractivity contribution in [3.63, 3.8) is 0 Å². The summed E-state index contributed by atoms with van der Waals surface area (Å²) in [5.41, 5.74) is 2.22. The number of amides is 1. The van der Waals surface area contributed by atoms with Crippen molar-refractivity contribution in [1.29, 1.82) is 5.26 Å². The maximum atomic E-state index is 12.1. The molecular formula is C18H17BrN2O3. The van der Waals surface area contributed by atoms with E-state index in [-0.39, 0.29) is 12.5 Å². The molecule has 0 bridgehead atoms. The predicted molar refractivity (Wildman–Crippen MR) is 95.3 cm³/mol. The smallest absolute Gasteiger partial charge is 0.262 e. The first-order valence-corrected chi connectivity index (χ1v) is 8.18. The van der Waals surface area contributed by atoms with Crippen molar-refractivity contribution in [2.45, 2.75) is 13.8 Å². The molecule has 0 radical (unpaired) electrons. The van der Waals surface area contributed by atoms with E-state index < -0.39 is 0 Å². The zero-order valence-corrected chi connectivity index (χ0v) is 15.0. The van der Waals surface area contributed by atoms with Gasteiger partial charge in [0.2, 0.25) is 0 Å². The average Bonchev–Trinajstić information content (AvgIpc) is 2.54. The minimum Gasteiger partial charge on any atom is -0.490 e. The summed E-state index contributed by atoms with van der Waals surface area (Å²) in [6.07, 6.45) is 0. The minimum absolute atomic E-state index is 0.168. The Morgan fingerprint density at radius 3 is 2.75 bits per heavy atom. The molecule has 124 valence electrons. The first-order chi connectivity index (χ1) is 11.5. The number of ether oxygens (including phenoxy) is 2. The van der Waals surface area contributed by atoms with Crippen LogP contribution >= 0.6 is 15.9 Å². The maximum absolute atomic E-state index is 12.1. The lowest BCUT2D eigenvalue weighted by Crippen LogP contribution is -2.20. The molecule has 0 saturated heterocycles. The Labute approximate surface area is 149 Å². The molecule has 0 aliphatic rings. The van der Waals surface area contributed by atoms with Crippen LogP contribution in [0.3, 0.4) is 0 Å². The van der Waals surface area contributed by atoms with Crippen LogP contribution in [0.1, 0.15) is 18.1 Å². The lowest BCUT2D eigenvalue weighted by Gasteiger charge is -2.14. The van der Waals surface area contributed by atoms with Crippen LogP contribution in [0.25, 0.3) is 0 Å². The number of rotatable bonds is 6. The third kappa shape index (κ3) is 4.74. The molecular weight excluding hydrogens is 372 g/mol. The van der Waals surface area contributed by atoms with E-state index in [0.29, 0.717) is 33.8 Å². The highest BCUT2D eigenvalue weighted by atomic mass is 79.9. The number of benzene rings is 2. The van der Waals surface area contributed by atoms with Gasteiger partial charge in [-0.05, 0) is 53.5 Å². The average molecular weight is 389 g/mol. The number of halogens is 1. The van der Waals surface area contributed by atoms with Gasteiger partial charge in [0.05, 0.1) is 22.7 Å². The first kappa shape index (κ1) is 17.8. The second-order valence-electron chi connectivity index (χ2n) is 5.04. The summed E-state index contributed by atoms with van der Waals surface area (Å²) in [6.45, 7) is 4.04. The van der Waals surface area contributed by atoms with E-state index in [9.17, 15) is 4.79 Å². The Bertz CT molecular complexity index is 784. The van der Waals surface area contributed by atoms with E-state index in [4.69, 9.17) is 14.7 Å². The molecule has 2 rings (SSSR count). The summed E-state index contributed by atoms with van der Waals surface area (Å²) < 4.78 is 11.6. The fraction of sp³-hybridized carbons (Fsp3) is 0.222. The fourth-order valence-corrected chi connectivity index (χ4v) is 2.65. The van der Waals surface area contributed by atoms with Crippen molar-refractivity contribution in [3.8, 4) is 17.6 Å². The van der Waals surface area contributed by atoms with E-state index in [1.165, 1.54) is 0 Å². The number of carbonyl (C=O) groups excluding carboxylic acids is 1. The van der Waals surface area contributed by atoms with Crippen LogP contribution in [0.5, 0.6) is 11.5 Å². The Morgan fingerprint density at radius 2 is 2.08 bits per heavy atom. The molecule has 0 spiro atoms.